The second-order valence-electron chi connectivity index (χ2n) is 15.4. The van der Waals surface area contributed by atoms with Crippen molar-refractivity contribution in [3.8, 4) is 22.3 Å². The zero-order chi connectivity index (χ0) is 32.2. The number of para-hydroxylation sites is 1. The molecule has 7 aromatic carbocycles. The molecule has 9 rings (SSSR count). The van der Waals surface area contributed by atoms with Crippen LogP contribution in [0.4, 0.5) is 0 Å². The molecule has 0 bridgehead atoms. The Labute approximate surface area is 278 Å². The molecule has 0 saturated carbocycles. The van der Waals surface area contributed by atoms with Gasteiger partial charge in [-0.1, -0.05) is 165 Å². The highest BCUT2D eigenvalue weighted by atomic mass is 28.3. The minimum absolute atomic E-state index is 1.28. The quantitative estimate of drug-likeness (QED) is 0.169. The van der Waals surface area contributed by atoms with Crippen molar-refractivity contribution in [1.29, 1.82) is 0 Å². The molecule has 228 valence electrons. The first-order valence-corrected chi connectivity index (χ1v) is 23.9. The molecule has 0 saturated heterocycles. The molecule has 0 fully saturated rings. The predicted molar refractivity (Wildman–Crippen MR) is 213 cm³/mol. The maximum atomic E-state index is 2.58. The first-order chi connectivity index (χ1) is 22.6. The van der Waals surface area contributed by atoms with E-state index in [0.717, 1.165) is 0 Å². The summed E-state index contributed by atoms with van der Waals surface area (Å²) in [7, 11) is -2.83. The average molecular weight is 638 g/mol. The number of fused-ring (bicyclic) bond motifs is 8. The van der Waals surface area contributed by atoms with Gasteiger partial charge in [0.2, 0.25) is 0 Å². The van der Waals surface area contributed by atoms with Gasteiger partial charge in [0.25, 0.3) is 0 Å². The summed E-state index contributed by atoms with van der Waals surface area (Å²) in [5.74, 6) is 0. The van der Waals surface area contributed by atoms with Crippen LogP contribution >= 0.6 is 0 Å². The molecule has 0 aliphatic rings. The number of hydrogen-bond acceptors (Lipinski definition) is 0. The summed E-state index contributed by atoms with van der Waals surface area (Å²) in [4.78, 5) is 0. The molecule has 0 aliphatic heterocycles. The Morgan fingerprint density at radius 2 is 0.787 bits per heavy atom. The van der Waals surface area contributed by atoms with Gasteiger partial charge in [-0.15, -0.1) is 0 Å². The van der Waals surface area contributed by atoms with Crippen molar-refractivity contribution in [1.82, 2.24) is 4.40 Å². The van der Waals surface area contributed by atoms with Crippen LogP contribution in [0.5, 0.6) is 0 Å². The molecule has 9 aromatic rings. The topological polar surface area (TPSA) is 4.41 Å². The molecule has 2 heterocycles. The molecular formula is C44H39NSi2. The summed E-state index contributed by atoms with van der Waals surface area (Å²) in [6.45, 7) is 14.6. The van der Waals surface area contributed by atoms with Crippen molar-refractivity contribution < 1.29 is 0 Å². The van der Waals surface area contributed by atoms with E-state index in [1.807, 2.05) is 0 Å². The molecule has 0 spiro atoms. The van der Waals surface area contributed by atoms with E-state index in [-0.39, 0.29) is 0 Å². The standard InChI is InChI=1S/C44H39NSi2/c1-46(2,3)32-22-18-28(19-23-32)40-34-14-9-7-12-30(34)26-38-42(40)36-16-11-17-37-43-39(45(38)44(36)37)27-31-13-8-10-15-35(31)41(43)29-20-24-33(25-21-29)47(4,5)6/h7-27H,1-6H3. The maximum absolute atomic E-state index is 2.58. The average Bonchev–Trinajstić information content (AvgIpc) is 3.57. The van der Waals surface area contributed by atoms with E-state index in [2.05, 4.69) is 171 Å². The van der Waals surface area contributed by atoms with E-state index in [9.17, 15) is 0 Å². The van der Waals surface area contributed by atoms with E-state index >= 15 is 0 Å². The zero-order valence-electron chi connectivity index (χ0n) is 28.1. The number of benzene rings is 7. The lowest BCUT2D eigenvalue weighted by Gasteiger charge is -2.18. The molecule has 0 atom stereocenters. The van der Waals surface area contributed by atoms with Crippen LogP contribution < -0.4 is 10.4 Å². The minimum Gasteiger partial charge on any atom is -0.308 e. The van der Waals surface area contributed by atoms with Gasteiger partial charge in [-0.05, 0) is 55.9 Å². The van der Waals surface area contributed by atoms with Crippen molar-refractivity contribution >= 4 is 86.2 Å². The Morgan fingerprint density at radius 1 is 0.404 bits per heavy atom. The Balaban J connectivity index is 1.45. The van der Waals surface area contributed by atoms with Gasteiger partial charge in [0.05, 0.1) is 32.7 Å². The molecule has 2 aromatic heterocycles. The van der Waals surface area contributed by atoms with Gasteiger partial charge in [0.1, 0.15) is 0 Å². The minimum atomic E-state index is -1.41. The largest absolute Gasteiger partial charge is 0.308 e. The number of hydrogen-bond donors (Lipinski definition) is 0. The van der Waals surface area contributed by atoms with Crippen molar-refractivity contribution in [3.05, 3.63) is 127 Å². The van der Waals surface area contributed by atoms with Crippen molar-refractivity contribution in [2.24, 2.45) is 0 Å². The molecule has 3 heteroatoms. The molecule has 1 nitrogen and oxygen atoms in total. The van der Waals surface area contributed by atoms with Gasteiger partial charge >= 0.3 is 0 Å². The lowest BCUT2D eigenvalue weighted by atomic mass is 9.91. The van der Waals surface area contributed by atoms with Gasteiger partial charge in [-0.2, -0.15) is 0 Å². The van der Waals surface area contributed by atoms with Crippen molar-refractivity contribution in [3.63, 3.8) is 0 Å². The summed E-state index contributed by atoms with van der Waals surface area (Å²) in [6, 6.07) is 48.7. The first kappa shape index (κ1) is 28.5. The van der Waals surface area contributed by atoms with Crippen molar-refractivity contribution in [2.75, 3.05) is 0 Å². The third-order valence-corrected chi connectivity index (χ3v) is 14.5. The highest BCUT2D eigenvalue weighted by Crippen LogP contribution is 2.48. The third kappa shape index (κ3) is 4.19. The molecular weight excluding hydrogens is 599 g/mol. The predicted octanol–water partition coefficient (Wildman–Crippen LogP) is 11.6. The fourth-order valence-corrected chi connectivity index (χ4v) is 10.3. The van der Waals surface area contributed by atoms with Gasteiger partial charge < -0.3 is 4.40 Å². The normalized spacial score (nSPS) is 12.9. The van der Waals surface area contributed by atoms with E-state index in [1.54, 1.807) is 0 Å². The summed E-state index contributed by atoms with van der Waals surface area (Å²) in [6.07, 6.45) is 0. The highest BCUT2D eigenvalue weighted by Gasteiger charge is 2.25. The van der Waals surface area contributed by atoms with Crippen LogP contribution in [0.15, 0.2) is 127 Å². The Hall–Kier alpha value is -4.71. The SMILES string of the molecule is C[Si](C)(C)c1ccc(-c2c3ccccc3cc3c2c2cccc4c5c(-c6ccc([Si](C)(C)C)cc6)c6ccccc6cc5n3c24)cc1. The second-order valence-corrected chi connectivity index (χ2v) is 25.6. The van der Waals surface area contributed by atoms with Crippen LogP contribution in [0.1, 0.15) is 0 Å². The van der Waals surface area contributed by atoms with E-state index in [4.69, 9.17) is 0 Å². The Bertz CT molecular complexity index is 2480. The number of rotatable bonds is 4. The Kier molecular flexibility index (Phi) is 6.01. The van der Waals surface area contributed by atoms with Gasteiger partial charge in [-0.25, -0.2) is 0 Å². The zero-order valence-corrected chi connectivity index (χ0v) is 30.1. The summed E-state index contributed by atoms with van der Waals surface area (Å²) in [5, 5.41) is 13.5. The Morgan fingerprint density at radius 3 is 1.19 bits per heavy atom. The lowest BCUT2D eigenvalue weighted by Crippen LogP contribution is -2.37. The smallest absolute Gasteiger partial charge is 0.0775 e. The van der Waals surface area contributed by atoms with Crippen LogP contribution in [0.2, 0.25) is 39.3 Å². The monoisotopic (exact) mass is 637 g/mol. The van der Waals surface area contributed by atoms with Gasteiger partial charge in [0, 0.05) is 21.5 Å². The van der Waals surface area contributed by atoms with Crippen molar-refractivity contribution in [2.45, 2.75) is 39.3 Å². The van der Waals surface area contributed by atoms with E-state index in [0.29, 0.717) is 0 Å². The molecule has 0 aliphatic carbocycles. The summed E-state index contributed by atoms with van der Waals surface area (Å²) >= 11 is 0. The molecule has 0 amide bonds. The van der Waals surface area contributed by atoms with E-state index in [1.165, 1.54) is 92.3 Å². The fraction of sp³-hybridized carbons (Fsp3) is 0.136. The summed E-state index contributed by atoms with van der Waals surface area (Å²) in [5.41, 5.74) is 9.15. The van der Waals surface area contributed by atoms with Crippen LogP contribution in [0.25, 0.3) is 81.9 Å². The molecule has 0 radical (unpaired) electrons. The lowest BCUT2D eigenvalue weighted by molar-refractivity contribution is 1.38. The molecule has 47 heavy (non-hydrogen) atoms. The number of nitrogens with zero attached hydrogens (tertiary/aromatic N) is 1. The maximum Gasteiger partial charge on any atom is 0.0775 e. The molecule has 0 unspecified atom stereocenters. The van der Waals surface area contributed by atoms with Crippen LogP contribution in [-0.2, 0) is 0 Å². The third-order valence-electron chi connectivity index (χ3n) is 10.4. The number of aromatic nitrogens is 1. The second kappa shape index (κ2) is 9.90. The summed E-state index contributed by atoms with van der Waals surface area (Å²) < 4.78 is 2.58. The first-order valence-electron chi connectivity index (χ1n) is 16.9. The van der Waals surface area contributed by atoms with Crippen LogP contribution in [0.3, 0.4) is 0 Å². The van der Waals surface area contributed by atoms with Gasteiger partial charge in [0.15, 0.2) is 0 Å². The van der Waals surface area contributed by atoms with Crippen LogP contribution in [-0.4, -0.2) is 20.5 Å². The fourth-order valence-electron chi connectivity index (χ4n) is 8.00. The van der Waals surface area contributed by atoms with Crippen LogP contribution in [0, 0.1) is 0 Å². The highest BCUT2D eigenvalue weighted by molar-refractivity contribution is 6.89. The molecule has 0 N–H and O–H groups in total. The van der Waals surface area contributed by atoms with E-state index < -0.39 is 16.1 Å². The van der Waals surface area contributed by atoms with Gasteiger partial charge in [-0.3, -0.25) is 0 Å².